The molecule has 1 fully saturated rings. The van der Waals surface area contributed by atoms with Gasteiger partial charge in [0.2, 0.25) is 5.91 Å². The van der Waals surface area contributed by atoms with Gasteiger partial charge in [0, 0.05) is 43.3 Å². The van der Waals surface area contributed by atoms with Crippen molar-refractivity contribution < 1.29 is 9.21 Å². The van der Waals surface area contributed by atoms with Crippen molar-refractivity contribution in [2.24, 2.45) is 0 Å². The minimum Gasteiger partial charge on any atom is -0.445 e. The molecule has 1 saturated heterocycles. The highest BCUT2D eigenvalue weighted by atomic mass is 35.5. The molecule has 29 heavy (non-hydrogen) atoms. The second-order valence-electron chi connectivity index (χ2n) is 7.44. The van der Waals surface area contributed by atoms with Crippen molar-refractivity contribution in [1.29, 1.82) is 0 Å². The van der Waals surface area contributed by atoms with Gasteiger partial charge >= 0.3 is 0 Å². The molecule has 2 aromatic heterocycles. The number of carbonyl (C=O) groups excluding carboxylic acids is 1. The van der Waals surface area contributed by atoms with Gasteiger partial charge in [0.1, 0.15) is 18.1 Å². The molecule has 0 aliphatic carbocycles. The van der Waals surface area contributed by atoms with Crippen LogP contribution in [0.2, 0.25) is 5.02 Å². The number of aryl methyl sites for hydroxylation is 1. The number of aromatic nitrogens is 3. The van der Waals surface area contributed by atoms with Crippen molar-refractivity contribution >= 4 is 17.5 Å². The highest BCUT2D eigenvalue weighted by Crippen LogP contribution is 2.28. The molecule has 0 spiro atoms. The number of likely N-dealkylation sites (tertiary alicyclic amines) is 1. The first kappa shape index (κ1) is 19.7. The van der Waals surface area contributed by atoms with Crippen molar-refractivity contribution in [3.05, 3.63) is 70.9 Å². The van der Waals surface area contributed by atoms with Crippen molar-refractivity contribution in [2.75, 3.05) is 13.1 Å². The lowest BCUT2D eigenvalue weighted by atomic mass is 9.98. The third-order valence-electron chi connectivity index (χ3n) is 5.44. The van der Waals surface area contributed by atoms with Crippen LogP contribution in [0.15, 0.2) is 47.3 Å². The Balaban J connectivity index is 1.40. The van der Waals surface area contributed by atoms with Gasteiger partial charge in [-0.2, -0.15) is 0 Å². The summed E-state index contributed by atoms with van der Waals surface area (Å²) >= 11 is 6.25. The Hall–Kier alpha value is -2.60. The van der Waals surface area contributed by atoms with E-state index in [0.717, 1.165) is 48.0 Å². The number of imidazole rings is 1. The molecule has 1 amide bonds. The van der Waals surface area contributed by atoms with Crippen molar-refractivity contribution in [2.45, 2.75) is 45.1 Å². The van der Waals surface area contributed by atoms with E-state index in [1.54, 1.807) is 12.4 Å². The van der Waals surface area contributed by atoms with Gasteiger partial charge < -0.3 is 13.9 Å². The molecule has 1 aliphatic rings. The van der Waals surface area contributed by atoms with Gasteiger partial charge in [0.15, 0.2) is 5.89 Å². The number of oxazole rings is 1. The number of hydrogen-bond acceptors (Lipinski definition) is 4. The number of nitrogens with zero attached hydrogens (tertiary/aromatic N) is 4. The van der Waals surface area contributed by atoms with E-state index >= 15 is 0 Å². The van der Waals surface area contributed by atoms with E-state index in [4.69, 9.17) is 16.0 Å². The van der Waals surface area contributed by atoms with Gasteiger partial charge in [-0.25, -0.2) is 9.97 Å². The maximum Gasteiger partial charge on any atom is 0.242 e. The lowest BCUT2D eigenvalue weighted by Crippen LogP contribution is -2.41. The number of amides is 1. The lowest BCUT2D eigenvalue weighted by Gasteiger charge is -2.31. The maximum absolute atomic E-state index is 12.8. The molecule has 1 aliphatic heterocycles. The molecule has 152 valence electrons. The number of piperidine rings is 1. The maximum atomic E-state index is 12.8. The summed E-state index contributed by atoms with van der Waals surface area (Å²) < 4.78 is 7.96. The van der Waals surface area contributed by atoms with Crippen molar-refractivity contribution in [1.82, 2.24) is 19.4 Å². The van der Waals surface area contributed by atoms with Crippen LogP contribution in [-0.4, -0.2) is 38.4 Å². The van der Waals surface area contributed by atoms with E-state index in [9.17, 15) is 4.79 Å². The minimum absolute atomic E-state index is 0.116. The van der Waals surface area contributed by atoms with Gasteiger partial charge in [-0.05, 0) is 24.5 Å². The molecule has 0 bridgehead atoms. The molecule has 0 saturated carbocycles. The average Bonchev–Trinajstić information content (AvgIpc) is 3.39. The highest BCUT2D eigenvalue weighted by Gasteiger charge is 2.28. The first-order valence-electron chi connectivity index (χ1n) is 10.1. The Kier molecular flexibility index (Phi) is 6.00. The van der Waals surface area contributed by atoms with E-state index in [1.165, 1.54) is 0 Å². The topological polar surface area (TPSA) is 64.2 Å². The van der Waals surface area contributed by atoms with Crippen LogP contribution in [0, 0.1) is 0 Å². The van der Waals surface area contributed by atoms with E-state index in [0.29, 0.717) is 25.4 Å². The van der Waals surface area contributed by atoms with Crippen molar-refractivity contribution in [3.63, 3.8) is 0 Å². The Morgan fingerprint density at radius 1 is 1.31 bits per heavy atom. The molecule has 1 atom stereocenters. The second-order valence-corrected chi connectivity index (χ2v) is 7.84. The molecule has 0 radical (unpaired) electrons. The molecule has 7 heteroatoms. The number of hydrogen-bond donors (Lipinski definition) is 0. The SMILES string of the molecule is CCc1nccn1CC(=O)N1CCC[C@@H](c2ncc(Cc3ccccc3Cl)o2)C1. The Bertz CT molecular complexity index is 981. The largest absolute Gasteiger partial charge is 0.445 e. The summed E-state index contributed by atoms with van der Waals surface area (Å²) in [6.45, 7) is 3.79. The van der Waals surface area contributed by atoms with Gasteiger partial charge in [-0.15, -0.1) is 0 Å². The fourth-order valence-electron chi connectivity index (χ4n) is 3.87. The van der Waals surface area contributed by atoms with Crippen LogP contribution in [0.3, 0.4) is 0 Å². The smallest absolute Gasteiger partial charge is 0.242 e. The first-order chi connectivity index (χ1) is 14.1. The summed E-state index contributed by atoms with van der Waals surface area (Å²) in [5.74, 6) is 2.68. The van der Waals surface area contributed by atoms with Crippen LogP contribution in [-0.2, 0) is 24.2 Å². The molecular formula is C22H25ClN4O2. The van der Waals surface area contributed by atoms with Gasteiger partial charge in [0.05, 0.1) is 12.1 Å². The van der Waals surface area contributed by atoms with E-state index in [1.807, 2.05) is 46.9 Å². The van der Waals surface area contributed by atoms with Crippen LogP contribution < -0.4 is 0 Å². The number of carbonyl (C=O) groups is 1. The lowest BCUT2D eigenvalue weighted by molar-refractivity contribution is -0.133. The summed E-state index contributed by atoms with van der Waals surface area (Å²) in [5.41, 5.74) is 1.02. The third-order valence-corrected chi connectivity index (χ3v) is 5.81. The highest BCUT2D eigenvalue weighted by molar-refractivity contribution is 6.31. The molecule has 0 unspecified atom stereocenters. The van der Waals surface area contributed by atoms with Crippen LogP contribution in [0.25, 0.3) is 0 Å². The van der Waals surface area contributed by atoms with E-state index in [2.05, 4.69) is 9.97 Å². The second kappa shape index (κ2) is 8.82. The zero-order valence-electron chi connectivity index (χ0n) is 16.6. The zero-order valence-corrected chi connectivity index (χ0v) is 17.3. The molecule has 3 aromatic rings. The fourth-order valence-corrected chi connectivity index (χ4v) is 4.07. The van der Waals surface area contributed by atoms with Crippen molar-refractivity contribution in [3.8, 4) is 0 Å². The number of halogens is 1. The summed E-state index contributed by atoms with van der Waals surface area (Å²) in [6.07, 6.45) is 8.74. The van der Waals surface area contributed by atoms with Crippen LogP contribution >= 0.6 is 11.6 Å². The molecule has 6 nitrogen and oxygen atoms in total. The van der Waals surface area contributed by atoms with Crippen LogP contribution in [0.4, 0.5) is 0 Å². The number of rotatable bonds is 6. The fraction of sp³-hybridized carbons (Fsp3) is 0.409. The Morgan fingerprint density at radius 2 is 2.17 bits per heavy atom. The molecule has 1 aromatic carbocycles. The molecule has 0 N–H and O–H groups in total. The summed E-state index contributed by atoms with van der Waals surface area (Å²) in [7, 11) is 0. The summed E-state index contributed by atoms with van der Waals surface area (Å²) in [4.78, 5) is 23.5. The normalized spacial score (nSPS) is 16.9. The number of benzene rings is 1. The van der Waals surface area contributed by atoms with E-state index in [-0.39, 0.29) is 11.8 Å². The average molecular weight is 413 g/mol. The predicted octanol–water partition coefficient (Wildman–Crippen LogP) is 4.08. The van der Waals surface area contributed by atoms with Crippen LogP contribution in [0.5, 0.6) is 0 Å². The quantitative estimate of drug-likeness (QED) is 0.611. The minimum atomic E-state index is 0.116. The van der Waals surface area contributed by atoms with Crippen LogP contribution in [0.1, 0.15) is 48.7 Å². The molecular weight excluding hydrogens is 388 g/mol. The Morgan fingerprint density at radius 3 is 3.00 bits per heavy atom. The predicted molar refractivity (Wildman–Crippen MR) is 111 cm³/mol. The standard InChI is InChI=1S/C22H25ClN4O2/c1-2-20-24-9-11-26(20)15-21(28)27-10-5-7-17(14-27)22-25-13-18(29-22)12-16-6-3-4-8-19(16)23/h3-4,6,8-9,11,13,17H,2,5,7,10,12,14-15H2,1H3/t17-/m1/s1. The monoisotopic (exact) mass is 412 g/mol. The van der Waals surface area contributed by atoms with Gasteiger partial charge in [-0.3, -0.25) is 4.79 Å². The molecule has 3 heterocycles. The first-order valence-corrected chi connectivity index (χ1v) is 10.5. The van der Waals surface area contributed by atoms with E-state index < -0.39 is 0 Å². The van der Waals surface area contributed by atoms with Gasteiger partial charge in [0.25, 0.3) is 0 Å². The Labute approximate surface area is 175 Å². The van der Waals surface area contributed by atoms with Gasteiger partial charge in [-0.1, -0.05) is 36.7 Å². The third kappa shape index (κ3) is 4.53. The molecule has 4 rings (SSSR count). The zero-order chi connectivity index (χ0) is 20.2. The summed E-state index contributed by atoms with van der Waals surface area (Å²) in [6, 6.07) is 7.75. The summed E-state index contributed by atoms with van der Waals surface area (Å²) in [5, 5.41) is 0.728.